The second-order valence-electron chi connectivity index (χ2n) is 4.89. The summed E-state index contributed by atoms with van der Waals surface area (Å²) < 4.78 is 8.16. The number of amides is 1. The third-order valence-corrected chi connectivity index (χ3v) is 3.60. The van der Waals surface area contributed by atoms with Crippen molar-refractivity contribution in [2.45, 2.75) is 26.8 Å². The van der Waals surface area contributed by atoms with Crippen LogP contribution in [0.25, 0.3) is 0 Å². The number of ether oxygens (including phenoxy) is 1. The number of aromatic nitrogens is 1. The molecule has 1 aromatic carbocycles. The average Bonchev–Trinajstić information content (AvgIpc) is 2.82. The van der Waals surface area contributed by atoms with Crippen molar-refractivity contribution in [3.63, 3.8) is 0 Å². The van der Waals surface area contributed by atoms with Crippen LogP contribution in [-0.4, -0.2) is 17.6 Å². The molecular weight excluding hydrogens is 332 g/mol. The molecular formula is C16H19BrN2O2. The van der Waals surface area contributed by atoms with E-state index in [1.807, 2.05) is 42.0 Å². The Kier molecular flexibility index (Phi) is 5.07. The van der Waals surface area contributed by atoms with Gasteiger partial charge in [-0.25, -0.2) is 0 Å². The van der Waals surface area contributed by atoms with Crippen molar-refractivity contribution in [2.75, 3.05) is 12.4 Å². The van der Waals surface area contributed by atoms with E-state index in [1.165, 1.54) is 0 Å². The smallest absolute Gasteiger partial charge is 0.272 e. The fourth-order valence-corrected chi connectivity index (χ4v) is 2.64. The highest BCUT2D eigenvalue weighted by molar-refractivity contribution is 9.10. The van der Waals surface area contributed by atoms with Gasteiger partial charge >= 0.3 is 0 Å². The Labute approximate surface area is 133 Å². The molecule has 0 fully saturated rings. The summed E-state index contributed by atoms with van der Waals surface area (Å²) in [6.45, 7) is 4.87. The number of hydrogen-bond donors (Lipinski definition) is 1. The third kappa shape index (κ3) is 3.67. The van der Waals surface area contributed by atoms with E-state index < -0.39 is 0 Å². The number of hydrogen-bond acceptors (Lipinski definition) is 2. The molecule has 0 saturated heterocycles. The molecule has 0 atom stereocenters. The number of carbonyl (C=O) groups excluding carboxylic acids is 1. The van der Waals surface area contributed by atoms with E-state index >= 15 is 0 Å². The van der Waals surface area contributed by atoms with Crippen molar-refractivity contribution in [1.29, 1.82) is 0 Å². The average molecular weight is 351 g/mol. The van der Waals surface area contributed by atoms with E-state index in [0.29, 0.717) is 17.1 Å². The normalized spacial score (nSPS) is 10.5. The molecule has 0 spiro atoms. The highest BCUT2D eigenvalue weighted by Gasteiger charge is 2.14. The summed E-state index contributed by atoms with van der Waals surface area (Å²) in [5, 5.41) is 2.91. The first-order valence-corrected chi connectivity index (χ1v) is 7.66. The summed E-state index contributed by atoms with van der Waals surface area (Å²) in [6, 6.07) is 7.52. The Morgan fingerprint density at radius 3 is 2.81 bits per heavy atom. The second-order valence-corrected chi connectivity index (χ2v) is 5.81. The number of aryl methyl sites for hydroxylation is 2. The summed E-state index contributed by atoms with van der Waals surface area (Å²) in [5.41, 5.74) is 2.39. The van der Waals surface area contributed by atoms with Gasteiger partial charge in [0.05, 0.1) is 12.8 Å². The minimum absolute atomic E-state index is 0.142. The summed E-state index contributed by atoms with van der Waals surface area (Å²) in [7, 11) is 1.60. The van der Waals surface area contributed by atoms with Gasteiger partial charge in [-0.1, -0.05) is 13.0 Å². The second kappa shape index (κ2) is 6.80. The van der Waals surface area contributed by atoms with Crippen LogP contribution in [0.1, 0.15) is 29.4 Å². The van der Waals surface area contributed by atoms with Crippen LogP contribution in [0.2, 0.25) is 0 Å². The topological polar surface area (TPSA) is 43.3 Å². The maximum atomic E-state index is 12.5. The molecule has 1 aromatic heterocycles. The maximum Gasteiger partial charge on any atom is 0.272 e. The lowest BCUT2D eigenvalue weighted by atomic mass is 10.2. The zero-order valence-electron chi connectivity index (χ0n) is 12.4. The molecule has 0 aliphatic carbocycles. The van der Waals surface area contributed by atoms with Crippen LogP contribution in [-0.2, 0) is 6.54 Å². The number of halogens is 1. The minimum Gasteiger partial charge on any atom is -0.495 e. The Morgan fingerprint density at radius 1 is 1.38 bits per heavy atom. The van der Waals surface area contributed by atoms with Gasteiger partial charge in [0.15, 0.2) is 0 Å². The predicted octanol–water partition coefficient (Wildman–Crippen LogP) is 4.23. The predicted molar refractivity (Wildman–Crippen MR) is 88.1 cm³/mol. The van der Waals surface area contributed by atoms with Gasteiger partial charge in [0, 0.05) is 17.2 Å². The summed E-state index contributed by atoms with van der Waals surface area (Å²) in [6.07, 6.45) is 2.89. The molecule has 0 saturated carbocycles. The number of nitrogens with zero attached hydrogens (tertiary/aromatic N) is 1. The monoisotopic (exact) mass is 350 g/mol. The fraction of sp³-hybridized carbons (Fsp3) is 0.312. The first kappa shape index (κ1) is 15.6. The van der Waals surface area contributed by atoms with E-state index in [9.17, 15) is 4.79 Å². The number of rotatable bonds is 5. The molecule has 112 valence electrons. The van der Waals surface area contributed by atoms with Crippen LogP contribution in [0.4, 0.5) is 5.69 Å². The van der Waals surface area contributed by atoms with Crippen LogP contribution < -0.4 is 10.1 Å². The maximum absolute atomic E-state index is 12.5. The highest BCUT2D eigenvalue weighted by Crippen LogP contribution is 2.26. The molecule has 2 rings (SSSR count). The van der Waals surface area contributed by atoms with E-state index in [0.717, 1.165) is 23.0 Å². The van der Waals surface area contributed by atoms with Gasteiger partial charge in [0.1, 0.15) is 11.4 Å². The molecule has 1 heterocycles. The lowest BCUT2D eigenvalue weighted by molar-refractivity contribution is 0.101. The number of carbonyl (C=O) groups is 1. The van der Waals surface area contributed by atoms with E-state index in [2.05, 4.69) is 28.2 Å². The van der Waals surface area contributed by atoms with E-state index in [-0.39, 0.29) is 5.91 Å². The Morgan fingerprint density at radius 2 is 2.14 bits per heavy atom. The Hall–Kier alpha value is -1.75. The number of anilines is 1. The van der Waals surface area contributed by atoms with Gasteiger partial charge < -0.3 is 14.6 Å². The van der Waals surface area contributed by atoms with Crippen molar-refractivity contribution >= 4 is 27.5 Å². The molecule has 0 unspecified atom stereocenters. The Balaban J connectivity index is 2.26. The standard InChI is InChI=1S/C16H19BrN2O2/c1-4-7-19-10-12(17)9-14(19)16(20)18-13-6-5-11(2)8-15(13)21-3/h5-6,8-10H,4,7H2,1-3H3,(H,18,20). The van der Waals surface area contributed by atoms with E-state index in [4.69, 9.17) is 4.74 Å². The zero-order chi connectivity index (χ0) is 15.4. The minimum atomic E-state index is -0.142. The molecule has 1 amide bonds. The quantitative estimate of drug-likeness (QED) is 0.876. The summed E-state index contributed by atoms with van der Waals surface area (Å²) in [4.78, 5) is 12.5. The molecule has 21 heavy (non-hydrogen) atoms. The largest absolute Gasteiger partial charge is 0.495 e. The van der Waals surface area contributed by atoms with Crippen LogP contribution in [0.5, 0.6) is 5.75 Å². The third-order valence-electron chi connectivity index (χ3n) is 3.17. The van der Waals surface area contributed by atoms with Crippen LogP contribution >= 0.6 is 15.9 Å². The molecule has 0 aliphatic heterocycles. The van der Waals surface area contributed by atoms with E-state index in [1.54, 1.807) is 7.11 Å². The van der Waals surface area contributed by atoms with Gasteiger partial charge in [-0.3, -0.25) is 4.79 Å². The van der Waals surface area contributed by atoms with Crippen molar-refractivity contribution in [1.82, 2.24) is 4.57 Å². The first-order valence-electron chi connectivity index (χ1n) is 6.86. The van der Waals surface area contributed by atoms with Crippen molar-refractivity contribution < 1.29 is 9.53 Å². The SMILES string of the molecule is CCCn1cc(Br)cc1C(=O)Nc1ccc(C)cc1OC. The van der Waals surface area contributed by atoms with Crippen molar-refractivity contribution in [2.24, 2.45) is 0 Å². The number of methoxy groups -OCH3 is 1. The highest BCUT2D eigenvalue weighted by atomic mass is 79.9. The molecule has 4 nitrogen and oxygen atoms in total. The molecule has 1 N–H and O–H groups in total. The van der Waals surface area contributed by atoms with Crippen LogP contribution in [0.15, 0.2) is 34.9 Å². The van der Waals surface area contributed by atoms with Crippen molar-refractivity contribution in [3.8, 4) is 5.75 Å². The molecule has 0 aliphatic rings. The lowest BCUT2D eigenvalue weighted by Gasteiger charge is -2.12. The first-order chi connectivity index (χ1) is 10.0. The number of benzene rings is 1. The van der Waals surface area contributed by atoms with Gasteiger partial charge in [0.25, 0.3) is 5.91 Å². The molecule has 0 radical (unpaired) electrons. The van der Waals surface area contributed by atoms with Gasteiger partial charge in [-0.15, -0.1) is 0 Å². The Bertz CT molecular complexity index is 650. The van der Waals surface area contributed by atoms with Gasteiger partial charge in [-0.2, -0.15) is 0 Å². The van der Waals surface area contributed by atoms with Gasteiger partial charge in [-0.05, 0) is 53.0 Å². The fourth-order valence-electron chi connectivity index (χ4n) is 2.18. The summed E-state index contributed by atoms with van der Waals surface area (Å²) >= 11 is 3.42. The van der Waals surface area contributed by atoms with Crippen molar-refractivity contribution in [3.05, 3.63) is 46.2 Å². The molecule has 5 heteroatoms. The zero-order valence-corrected chi connectivity index (χ0v) is 14.0. The molecule has 0 bridgehead atoms. The van der Waals surface area contributed by atoms with Crippen LogP contribution in [0.3, 0.4) is 0 Å². The van der Waals surface area contributed by atoms with Gasteiger partial charge in [0.2, 0.25) is 0 Å². The van der Waals surface area contributed by atoms with Crippen LogP contribution in [0, 0.1) is 6.92 Å². The summed E-state index contributed by atoms with van der Waals surface area (Å²) in [5.74, 6) is 0.521. The lowest BCUT2D eigenvalue weighted by Crippen LogP contribution is -2.17. The number of nitrogens with one attached hydrogen (secondary N) is 1. The molecule has 2 aromatic rings.